The Morgan fingerprint density at radius 3 is 2.60 bits per heavy atom. The number of hydrogen-bond donors (Lipinski definition) is 2. The Labute approximate surface area is 127 Å². The summed E-state index contributed by atoms with van der Waals surface area (Å²) in [5, 5.41) is 3.12. The highest BCUT2D eigenvalue weighted by molar-refractivity contribution is 5.85. The summed E-state index contributed by atoms with van der Waals surface area (Å²) in [6, 6.07) is 10.4. The van der Waals surface area contributed by atoms with Crippen LogP contribution in [0.1, 0.15) is 38.2 Å². The maximum Gasteiger partial charge on any atom is 0.236 e. The lowest BCUT2D eigenvalue weighted by Crippen LogP contribution is -2.48. The van der Waals surface area contributed by atoms with E-state index < -0.39 is 6.04 Å². The molecule has 112 valence electrons. The molecule has 0 radical (unpaired) electrons. The molecule has 1 aromatic carbocycles. The Hall–Kier alpha value is -1.06. The van der Waals surface area contributed by atoms with Crippen molar-refractivity contribution in [2.45, 2.75) is 51.1 Å². The van der Waals surface area contributed by atoms with E-state index in [9.17, 15) is 4.79 Å². The molecular weight excluding hydrogens is 272 g/mol. The van der Waals surface area contributed by atoms with Crippen LogP contribution in [0.5, 0.6) is 0 Å². The predicted octanol–water partition coefficient (Wildman–Crippen LogP) is 2.67. The lowest BCUT2D eigenvalue weighted by atomic mass is 9.80. The summed E-state index contributed by atoms with van der Waals surface area (Å²) >= 11 is 0. The number of hydrogen-bond acceptors (Lipinski definition) is 2. The first kappa shape index (κ1) is 17.0. The molecule has 1 aliphatic rings. The van der Waals surface area contributed by atoms with Gasteiger partial charge in [-0.25, -0.2) is 0 Å². The number of carbonyl (C=O) groups is 1. The second-order valence-electron chi connectivity index (χ2n) is 5.64. The van der Waals surface area contributed by atoms with E-state index in [2.05, 4.69) is 29.6 Å². The van der Waals surface area contributed by atoms with Crippen LogP contribution in [0.2, 0.25) is 0 Å². The van der Waals surface area contributed by atoms with Gasteiger partial charge in [0.05, 0.1) is 6.04 Å². The second kappa shape index (κ2) is 8.28. The van der Waals surface area contributed by atoms with E-state index in [4.69, 9.17) is 5.73 Å². The molecule has 0 heterocycles. The van der Waals surface area contributed by atoms with Gasteiger partial charge in [0, 0.05) is 6.04 Å². The smallest absolute Gasteiger partial charge is 0.236 e. The molecule has 1 aliphatic carbocycles. The molecule has 2 unspecified atom stereocenters. The summed E-state index contributed by atoms with van der Waals surface area (Å²) in [5.41, 5.74) is 7.00. The first-order chi connectivity index (χ1) is 9.16. The molecule has 0 saturated heterocycles. The molecule has 1 fully saturated rings. The van der Waals surface area contributed by atoms with Gasteiger partial charge in [-0.05, 0) is 37.7 Å². The Morgan fingerprint density at radius 1 is 1.30 bits per heavy atom. The van der Waals surface area contributed by atoms with Gasteiger partial charge in [-0.2, -0.15) is 0 Å². The van der Waals surface area contributed by atoms with Gasteiger partial charge in [0.15, 0.2) is 0 Å². The minimum Gasteiger partial charge on any atom is -0.352 e. The highest BCUT2D eigenvalue weighted by Crippen LogP contribution is 2.27. The van der Waals surface area contributed by atoms with E-state index in [1.807, 2.05) is 6.07 Å². The first-order valence-corrected chi connectivity index (χ1v) is 7.26. The van der Waals surface area contributed by atoms with Crippen molar-refractivity contribution in [2.24, 2.45) is 11.7 Å². The Balaban J connectivity index is 0.00000200. The van der Waals surface area contributed by atoms with Gasteiger partial charge in [-0.1, -0.05) is 43.2 Å². The molecule has 3 atom stereocenters. The fourth-order valence-electron chi connectivity index (χ4n) is 2.87. The van der Waals surface area contributed by atoms with Crippen LogP contribution < -0.4 is 11.1 Å². The normalized spacial score (nSPS) is 23.5. The van der Waals surface area contributed by atoms with Crippen molar-refractivity contribution in [2.75, 3.05) is 0 Å². The van der Waals surface area contributed by atoms with Crippen LogP contribution in [0.4, 0.5) is 0 Å². The number of halogens is 1. The molecule has 0 spiro atoms. The summed E-state index contributed by atoms with van der Waals surface area (Å²) in [5.74, 6) is 0.517. The zero-order chi connectivity index (χ0) is 13.7. The van der Waals surface area contributed by atoms with Crippen molar-refractivity contribution in [3.8, 4) is 0 Å². The summed E-state index contributed by atoms with van der Waals surface area (Å²) in [7, 11) is 0. The van der Waals surface area contributed by atoms with E-state index in [0.717, 1.165) is 12.8 Å². The van der Waals surface area contributed by atoms with Gasteiger partial charge in [-0.15, -0.1) is 12.4 Å². The van der Waals surface area contributed by atoms with Gasteiger partial charge >= 0.3 is 0 Å². The highest BCUT2D eigenvalue weighted by atomic mass is 35.5. The van der Waals surface area contributed by atoms with Crippen LogP contribution in [-0.2, 0) is 11.2 Å². The SMILES string of the molecule is C[C@@H](N)C(=O)NC1CCCCC1Cc1ccccc1.Cl. The quantitative estimate of drug-likeness (QED) is 0.897. The van der Waals surface area contributed by atoms with Gasteiger partial charge in [0.2, 0.25) is 5.91 Å². The second-order valence-corrected chi connectivity index (χ2v) is 5.64. The van der Waals surface area contributed by atoms with Gasteiger partial charge in [0.1, 0.15) is 0 Å². The summed E-state index contributed by atoms with van der Waals surface area (Å²) in [4.78, 5) is 11.8. The number of amides is 1. The van der Waals surface area contributed by atoms with Crippen molar-refractivity contribution in [1.82, 2.24) is 5.32 Å². The topological polar surface area (TPSA) is 55.1 Å². The molecule has 2 rings (SSSR count). The molecule has 1 saturated carbocycles. The molecule has 3 N–H and O–H groups in total. The number of nitrogens with one attached hydrogen (secondary N) is 1. The monoisotopic (exact) mass is 296 g/mol. The average molecular weight is 297 g/mol. The zero-order valence-electron chi connectivity index (χ0n) is 12.0. The molecule has 0 bridgehead atoms. The Kier molecular flexibility index (Phi) is 7.03. The van der Waals surface area contributed by atoms with Crippen LogP contribution in [0.15, 0.2) is 30.3 Å². The minimum atomic E-state index is -0.417. The van der Waals surface area contributed by atoms with Crippen molar-refractivity contribution < 1.29 is 4.79 Å². The van der Waals surface area contributed by atoms with Crippen molar-refractivity contribution in [3.63, 3.8) is 0 Å². The summed E-state index contributed by atoms with van der Waals surface area (Å²) in [6.07, 6.45) is 5.79. The molecule has 0 aliphatic heterocycles. The number of rotatable bonds is 4. The number of benzene rings is 1. The maximum atomic E-state index is 11.8. The third-order valence-corrected chi connectivity index (χ3v) is 3.99. The maximum absolute atomic E-state index is 11.8. The van der Waals surface area contributed by atoms with Crippen LogP contribution in [0.3, 0.4) is 0 Å². The predicted molar refractivity (Wildman–Crippen MR) is 84.9 cm³/mol. The van der Waals surface area contributed by atoms with E-state index >= 15 is 0 Å². The van der Waals surface area contributed by atoms with Crippen molar-refractivity contribution >= 4 is 18.3 Å². The average Bonchev–Trinajstić information content (AvgIpc) is 2.42. The fraction of sp³-hybridized carbons (Fsp3) is 0.562. The molecule has 1 amide bonds. The van der Waals surface area contributed by atoms with Gasteiger partial charge in [-0.3, -0.25) is 4.79 Å². The van der Waals surface area contributed by atoms with Crippen LogP contribution >= 0.6 is 12.4 Å². The fourth-order valence-corrected chi connectivity index (χ4v) is 2.87. The third kappa shape index (κ3) is 4.80. The third-order valence-electron chi connectivity index (χ3n) is 3.99. The zero-order valence-corrected chi connectivity index (χ0v) is 12.9. The summed E-state index contributed by atoms with van der Waals surface area (Å²) in [6.45, 7) is 1.74. The lowest BCUT2D eigenvalue weighted by Gasteiger charge is -2.32. The first-order valence-electron chi connectivity index (χ1n) is 7.26. The van der Waals surface area contributed by atoms with E-state index in [1.54, 1.807) is 6.92 Å². The molecule has 1 aromatic rings. The molecule has 4 heteroatoms. The lowest BCUT2D eigenvalue weighted by molar-refractivity contribution is -0.123. The van der Waals surface area contributed by atoms with E-state index in [-0.39, 0.29) is 24.4 Å². The molecular formula is C16H25ClN2O. The highest BCUT2D eigenvalue weighted by Gasteiger charge is 2.27. The van der Waals surface area contributed by atoms with Crippen molar-refractivity contribution in [3.05, 3.63) is 35.9 Å². The standard InChI is InChI=1S/C16H24N2O.ClH/c1-12(17)16(19)18-15-10-6-5-9-14(15)11-13-7-3-2-4-8-13;/h2-4,7-8,12,14-15H,5-6,9-11,17H2,1H3,(H,18,19);1H/t12-,14?,15?;/m1./s1. The molecule has 0 aromatic heterocycles. The molecule has 3 nitrogen and oxygen atoms in total. The van der Waals surface area contributed by atoms with Crippen LogP contribution in [0, 0.1) is 5.92 Å². The summed E-state index contributed by atoms with van der Waals surface area (Å²) < 4.78 is 0. The van der Waals surface area contributed by atoms with Crippen LogP contribution in [0.25, 0.3) is 0 Å². The molecule has 20 heavy (non-hydrogen) atoms. The minimum absolute atomic E-state index is 0. The van der Waals surface area contributed by atoms with Crippen molar-refractivity contribution in [1.29, 1.82) is 0 Å². The van der Waals surface area contributed by atoms with Gasteiger partial charge < -0.3 is 11.1 Å². The Bertz CT molecular complexity index is 408. The largest absolute Gasteiger partial charge is 0.352 e. The van der Waals surface area contributed by atoms with E-state index in [1.165, 1.54) is 24.8 Å². The number of carbonyl (C=O) groups excluding carboxylic acids is 1. The van der Waals surface area contributed by atoms with Gasteiger partial charge in [0.25, 0.3) is 0 Å². The van der Waals surface area contributed by atoms with Crippen LogP contribution in [-0.4, -0.2) is 18.0 Å². The number of nitrogens with two attached hydrogens (primary N) is 1. The van der Waals surface area contributed by atoms with E-state index in [0.29, 0.717) is 5.92 Å². The Morgan fingerprint density at radius 2 is 1.95 bits per heavy atom.